The Morgan fingerprint density at radius 1 is 1.13 bits per heavy atom. The van der Waals surface area contributed by atoms with Crippen LogP contribution in [0.1, 0.15) is 0 Å². The molecule has 1 heterocycles. The quantitative estimate of drug-likeness (QED) is 0.593. The van der Waals surface area contributed by atoms with Crippen molar-refractivity contribution >= 4 is 5.95 Å². The van der Waals surface area contributed by atoms with Gasteiger partial charge in [0.05, 0.1) is 27.9 Å². The number of aromatic nitrogens is 3. The van der Waals surface area contributed by atoms with Crippen molar-refractivity contribution < 1.29 is 19.5 Å². The highest BCUT2D eigenvalue weighted by molar-refractivity contribution is 5.12. The van der Waals surface area contributed by atoms with Gasteiger partial charge in [0.2, 0.25) is 0 Å². The Kier molecular flexibility index (Phi) is 4.19. The van der Waals surface area contributed by atoms with Crippen LogP contribution in [0.25, 0.3) is 0 Å². The molecule has 7 heteroatoms. The Bertz CT molecular complexity index is 299. The van der Waals surface area contributed by atoms with Gasteiger partial charge in [-0.25, -0.2) is 0 Å². The van der Waals surface area contributed by atoms with Gasteiger partial charge >= 0.3 is 18.0 Å². The number of rotatable bonds is 5. The number of nitrogens with zero attached hydrogens (tertiary/aromatic N) is 3. The largest absolute Gasteiger partial charge is 0.466 e. The van der Waals surface area contributed by atoms with E-state index in [4.69, 9.17) is 14.6 Å². The molecule has 0 radical (unpaired) electrons. The highest BCUT2D eigenvalue weighted by Gasteiger charge is 2.14. The van der Waals surface area contributed by atoms with Crippen molar-refractivity contribution in [1.29, 1.82) is 0 Å². The summed E-state index contributed by atoms with van der Waals surface area (Å²) < 4.78 is 9.82. The van der Waals surface area contributed by atoms with Crippen molar-refractivity contribution in [2.45, 2.75) is 0 Å². The number of methoxy groups -OCH3 is 2. The van der Waals surface area contributed by atoms with E-state index in [2.05, 4.69) is 15.0 Å². The molecule has 0 amide bonds. The number of hydrogen-bond donors (Lipinski definition) is 2. The fraction of sp³-hybridized carbons (Fsp3) is 0.625. The molecule has 0 fully saturated rings. The zero-order chi connectivity index (χ0) is 11.3. The number of nitrogens with one attached hydrogen (secondary N) is 1. The van der Waals surface area contributed by atoms with Crippen molar-refractivity contribution in [3.63, 3.8) is 0 Å². The molecule has 1 atom stereocenters. The second-order valence-electron chi connectivity index (χ2n) is 2.89. The standard InChI is InChI=1S/C8H14N4O3/c1-12(4-5-13)6-9-7(14-2)11-8(10-6)15-3/h13H,4-5H2,1-3H3/p+1. The molecule has 0 aliphatic rings. The Morgan fingerprint density at radius 3 is 2.07 bits per heavy atom. The second kappa shape index (κ2) is 5.42. The van der Waals surface area contributed by atoms with Crippen molar-refractivity contribution in [3.05, 3.63) is 0 Å². The SMILES string of the molecule is COc1nc(OC)nc([NH+](C)CCO)n1. The van der Waals surface area contributed by atoms with Gasteiger partial charge < -0.3 is 14.6 Å². The Labute approximate surface area is 87.7 Å². The maximum absolute atomic E-state index is 8.80. The predicted molar refractivity (Wildman–Crippen MR) is 51.4 cm³/mol. The predicted octanol–water partition coefficient (Wildman–Crippen LogP) is -1.97. The van der Waals surface area contributed by atoms with E-state index in [1.54, 1.807) is 0 Å². The summed E-state index contributed by atoms with van der Waals surface area (Å²) in [5.41, 5.74) is 0. The van der Waals surface area contributed by atoms with Crippen LogP contribution in [-0.4, -0.2) is 54.5 Å². The first-order valence-corrected chi connectivity index (χ1v) is 4.49. The third kappa shape index (κ3) is 3.00. The lowest BCUT2D eigenvalue weighted by molar-refractivity contribution is -0.816. The van der Waals surface area contributed by atoms with Crippen molar-refractivity contribution in [1.82, 2.24) is 15.0 Å². The smallest absolute Gasteiger partial charge is 0.336 e. The molecule has 84 valence electrons. The first-order chi connectivity index (χ1) is 7.21. The van der Waals surface area contributed by atoms with Gasteiger partial charge in [0.15, 0.2) is 0 Å². The van der Waals surface area contributed by atoms with Gasteiger partial charge in [-0.3, -0.25) is 4.90 Å². The zero-order valence-corrected chi connectivity index (χ0v) is 9.02. The van der Waals surface area contributed by atoms with E-state index < -0.39 is 0 Å². The van der Waals surface area contributed by atoms with Gasteiger partial charge in [-0.15, -0.1) is 15.0 Å². The molecule has 0 aliphatic carbocycles. The molecule has 1 aromatic heterocycles. The molecular weight excluding hydrogens is 200 g/mol. The van der Waals surface area contributed by atoms with Crippen LogP contribution in [0.4, 0.5) is 5.95 Å². The monoisotopic (exact) mass is 215 g/mol. The fourth-order valence-electron chi connectivity index (χ4n) is 0.991. The van der Waals surface area contributed by atoms with Crippen LogP contribution in [0.3, 0.4) is 0 Å². The normalized spacial score (nSPS) is 12.3. The summed E-state index contributed by atoms with van der Waals surface area (Å²) >= 11 is 0. The second-order valence-corrected chi connectivity index (χ2v) is 2.89. The summed E-state index contributed by atoms with van der Waals surface area (Å²) in [4.78, 5) is 12.8. The van der Waals surface area contributed by atoms with E-state index in [9.17, 15) is 0 Å². The van der Waals surface area contributed by atoms with Crippen LogP contribution in [0.5, 0.6) is 12.0 Å². The van der Waals surface area contributed by atoms with E-state index >= 15 is 0 Å². The van der Waals surface area contributed by atoms with Crippen molar-refractivity contribution in [3.8, 4) is 12.0 Å². The number of aliphatic hydroxyl groups excluding tert-OH is 1. The van der Waals surface area contributed by atoms with Gasteiger partial charge in [-0.1, -0.05) is 0 Å². The van der Waals surface area contributed by atoms with Crippen LogP contribution in [0.2, 0.25) is 0 Å². The number of ether oxygens (including phenoxy) is 2. The lowest BCUT2D eigenvalue weighted by atomic mass is 10.6. The molecule has 15 heavy (non-hydrogen) atoms. The van der Waals surface area contributed by atoms with E-state index in [0.29, 0.717) is 12.5 Å². The van der Waals surface area contributed by atoms with E-state index in [-0.39, 0.29) is 18.6 Å². The molecule has 7 nitrogen and oxygen atoms in total. The summed E-state index contributed by atoms with van der Waals surface area (Å²) in [5.74, 6) is 0.479. The van der Waals surface area contributed by atoms with Crippen LogP contribution in [0.15, 0.2) is 0 Å². The number of likely N-dealkylation sites (N-methyl/N-ethyl adjacent to an activating group) is 1. The van der Waals surface area contributed by atoms with Gasteiger partial charge in [-0.2, -0.15) is 0 Å². The van der Waals surface area contributed by atoms with Gasteiger partial charge in [0.1, 0.15) is 6.54 Å². The third-order valence-corrected chi connectivity index (χ3v) is 1.83. The van der Waals surface area contributed by atoms with Crippen LogP contribution < -0.4 is 14.4 Å². The van der Waals surface area contributed by atoms with Gasteiger partial charge in [0, 0.05) is 0 Å². The minimum Gasteiger partial charge on any atom is -0.466 e. The molecule has 0 spiro atoms. The maximum Gasteiger partial charge on any atom is 0.336 e. The summed E-state index contributed by atoms with van der Waals surface area (Å²) in [6, 6.07) is 0.406. The molecule has 0 saturated carbocycles. The van der Waals surface area contributed by atoms with Crippen molar-refractivity contribution in [2.75, 3.05) is 34.4 Å². The maximum atomic E-state index is 8.80. The van der Waals surface area contributed by atoms with Crippen molar-refractivity contribution in [2.24, 2.45) is 0 Å². The topological polar surface area (TPSA) is 81.8 Å². The highest BCUT2D eigenvalue weighted by Crippen LogP contribution is 2.08. The van der Waals surface area contributed by atoms with Gasteiger partial charge in [-0.05, 0) is 0 Å². The highest BCUT2D eigenvalue weighted by atomic mass is 16.5. The number of quaternary nitrogens is 1. The van der Waals surface area contributed by atoms with Gasteiger partial charge in [0.25, 0.3) is 0 Å². The molecule has 1 unspecified atom stereocenters. The average molecular weight is 215 g/mol. The Morgan fingerprint density at radius 2 is 1.67 bits per heavy atom. The Balaban J connectivity index is 2.95. The summed E-state index contributed by atoms with van der Waals surface area (Å²) in [6.07, 6.45) is 0. The molecule has 1 aromatic rings. The first kappa shape index (κ1) is 11.6. The lowest BCUT2D eigenvalue weighted by Crippen LogP contribution is -3.05. The molecule has 0 bridgehead atoms. The molecule has 1 rings (SSSR count). The average Bonchev–Trinajstić information content (AvgIpc) is 2.28. The first-order valence-electron chi connectivity index (χ1n) is 4.49. The summed E-state index contributed by atoms with van der Waals surface area (Å²) in [6.45, 7) is 0.568. The summed E-state index contributed by atoms with van der Waals surface area (Å²) in [7, 11) is 4.78. The van der Waals surface area contributed by atoms with E-state index in [0.717, 1.165) is 4.90 Å². The third-order valence-electron chi connectivity index (χ3n) is 1.83. The van der Waals surface area contributed by atoms with E-state index in [1.807, 2.05) is 7.05 Å². The Hall–Kier alpha value is -1.47. The lowest BCUT2D eigenvalue weighted by Gasteiger charge is -2.10. The fourth-order valence-corrected chi connectivity index (χ4v) is 0.991. The summed E-state index contributed by atoms with van der Waals surface area (Å²) in [5, 5.41) is 8.80. The molecule has 0 aliphatic heterocycles. The molecule has 0 aromatic carbocycles. The molecule has 2 N–H and O–H groups in total. The molecular formula is C8H15N4O3+. The number of hydrogen-bond acceptors (Lipinski definition) is 6. The minimum atomic E-state index is 0.0577. The van der Waals surface area contributed by atoms with Crippen LogP contribution in [0, 0.1) is 0 Å². The number of aliphatic hydroxyl groups is 1. The molecule has 0 saturated heterocycles. The minimum absolute atomic E-state index is 0.0577. The van der Waals surface area contributed by atoms with E-state index in [1.165, 1.54) is 14.2 Å². The van der Waals surface area contributed by atoms with Crippen LogP contribution in [-0.2, 0) is 0 Å². The van der Waals surface area contributed by atoms with Crippen LogP contribution >= 0.6 is 0 Å². The zero-order valence-electron chi connectivity index (χ0n) is 9.02.